The third-order valence-corrected chi connectivity index (χ3v) is 3.25. The van der Waals surface area contributed by atoms with E-state index in [2.05, 4.69) is 10.3 Å². The first-order chi connectivity index (χ1) is 7.86. The van der Waals surface area contributed by atoms with Gasteiger partial charge in [0.2, 0.25) is 0 Å². The molecule has 0 atom stereocenters. The van der Waals surface area contributed by atoms with Crippen LogP contribution in [0, 0.1) is 5.82 Å². The van der Waals surface area contributed by atoms with Crippen LogP contribution in [-0.4, -0.2) is 22.6 Å². The summed E-state index contributed by atoms with van der Waals surface area (Å²) in [6, 6.07) is 5.44. The molecule has 3 rings (SSSR count). The molecule has 0 bridgehead atoms. The number of hydrogen-bond donors (Lipinski definition) is 1. The first kappa shape index (κ1) is 12.3. The maximum atomic E-state index is 13.8. The van der Waals surface area contributed by atoms with Crippen LogP contribution < -0.4 is 5.32 Å². The van der Waals surface area contributed by atoms with Crippen LogP contribution in [0.4, 0.5) is 4.39 Å². The number of nitrogens with one attached hydrogen (secondary N) is 1. The lowest BCUT2D eigenvalue weighted by Gasteiger charge is -2.24. The number of nitrogens with zero attached hydrogens (tertiary/aromatic N) is 2. The number of rotatable bonds is 1. The van der Waals surface area contributed by atoms with Gasteiger partial charge < -0.3 is 9.88 Å². The van der Waals surface area contributed by atoms with Crippen LogP contribution in [0.5, 0.6) is 0 Å². The zero-order valence-electron chi connectivity index (χ0n) is 9.40. The monoisotopic (exact) mass is 255 g/mol. The summed E-state index contributed by atoms with van der Waals surface area (Å²) in [6.45, 7) is 2.00. The van der Waals surface area contributed by atoms with Crippen molar-refractivity contribution in [1.29, 1.82) is 0 Å². The van der Waals surface area contributed by atoms with E-state index in [4.69, 9.17) is 0 Å². The predicted molar refractivity (Wildman–Crippen MR) is 68.1 cm³/mol. The Hall–Kier alpha value is -1.13. The fraction of sp³-hybridized carbons (Fsp3) is 0.417. The summed E-state index contributed by atoms with van der Waals surface area (Å²) in [4.78, 5) is 4.26. The lowest BCUT2D eigenvalue weighted by atomic mass is 10.1. The molecular weight excluding hydrogens is 241 g/mol. The van der Waals surface area contributed by atoms with Crippen LogP contribution in [0.2, 0.25) is 0 Å². The van der Waals surface area contributed by atoms with Gasteiger partial charge in [-0.05, 0) is 38.1 Å². The Bertz CT molecular complexity index is 505. The number of aromatic nitrogens is 2. The van der Waals surface area contributed by atoms with Gasteiger partial charge in [-0.3, -0.25) is 0 Å². The Morgan fingerprint density at radius 3 is 2.82 bits per heavy atom. The van der Waals surface area contributed by atoms with Crippen molar-refractivity contribution in [2.45, 2.75) is 18.9 Å². The third kappa shape index (κ3) is 2.15. The molecule has 0 spiro atoms. The summed E-state index contributed by atoms with van der Waals surface area (Å²) < 4.78 is 15.8. The van der Waals surface area contributed by atoms with E-state index >= 15 is 0 Å². The third-order valence-electron chi connectivity index (χ3n) is 3.25. The van der Waals surface area contributed by atoms with Crippen LogP contribution in [0.3, 0.4) is 0 Å². The highest BCUT2D eigenvalue weighted by atomic mass is 35.5. The van der Waals surface area contributed by atoms with Gasteiger partial charge in [0.15, 0.2) is 0 Å². The number of para-hydroxylation sites is 1. The van der Waals surface area contributed by atoms with E-state index in [0.29, 0.717) is 11.6 Å². The normalized spacial score (nSPS) is 17.0. The summed E-state index contributed by atoms with van der Waals surface area (Å²) in [5, 5.41) is 3.31. The molecule has 0 aliphatic carbocycles. The van der Waals surface area contributed by atoms with Gasteiger partial charge in [-0.1, -0.05) is 6.07 Å². The van der Waals surface area contributed by atoms with Gasteiger partial charge >= 0.3 is 0 Å². The van der Waals surface area contributed by atoms with E-state index in [9.17, 15) is 4.39 Å². The SMILES string of the molecule is Cl.Fc1cccc2ncn(C3CCNCC3)c12. The Balaban J connectivity index is 0.00000108. The van der Waals surface area contributed by atoms with Crippen LogP contribution in [-0.2, 0) is 0 Å². The van der Waals surface area contributed by atoms with Crippen molar-refractivity contribution in [2.24, 2.45) is 0 Å². The zero-order valence-corrected chi connectivity index (χ0v) is 10.2. The van der Waals surface area contributed by atoms with E-state index in [1.807, 2.05) is 10.6 Å². The van der Waals surface area contributed by atoms with E-state index in [-0.39, 0.29) is 18.2 Å². The molecule has 0 amide bonds. The molecule has 5 heteroatoms. The standard InChI is InChI=1S/C12H14FN3.ClH/c13-10-2-1-3-11-12(10)16(8-15-11)9-4-6-14-7-5-9;/h1-3,8-9,14H,4-7H2;1H. The summed E-state index contributed by atoms with van der Waals surface area (Å²) in [5.41, 5.74) is 1.40. The Morgan fingerprint density at radius 1 is 1.29 bits per heavy atom. The van der Waals surface area contributed by atoms with E-state index < -0.39 is 0 Å². The van der Waals surface area contributed by atoms with Gasteiger partial charge in [0.05, 0.1) is 11.8 Å². The van der Waals surface area contributed by atoms with Gasteiger partial charge in [0.1, 0.15) is 11.3 Å². The van der Waals surface area contributed by atoms with Gasteiger partial charge in [-0.25, -0.2) is 9.37 Å². The molecule has 1 aromatic carbocycles. The van der Waals surface area contributed by atoms with Crippen molar-refractivity contribution in [3.8, 4) is 0 Å². The molecule has 3 nitrogen and oxygen atoms in total. The van der Waals surface area contributed by atoms with Crippen molar-refractivity contribution in [3.63, 3.8) is 0 Å². The number of piperidine rings is 1. The van der Waals surface area contributed by atoms with Crippen molar-refractivity contribution < 1.29 is 4.39 Å². The number of benzene rings is 1. The predicted octanol–water partition coefficient (Wildman–Crippen LogP) is 2.52. The molecule has 0 radical (unpaired) electrons. The van der Waals surface area contributed by atoms with Gasteiger partial charge in [0, 0.05) is 6.04 Å². The Labute approximate surface area is 105 Å². The fourth-order valence-corrected chi connectivity index (χ4v) is 2.41. The summed E-state index contributed by atoms with van der Waals surface area (Å²) in [5.74, 6) is -0.173. The van der Waals surface area contributed by atoms with Crippen LogP contribution in [0.15, 0.2) is 24.5 Å². The van der Waals surface area contributed by atoms with Crippen molar-refractivity contribution in [1.82, 2.24) is 14.9 Å². The molecule has 2 aromatic rings. The number of fused-ring (bicyclic) bond motifs is 1. The molecule has 2 heterocycles. The van der Waals surface area contributed by atoms with E-state index in [1.165, 1.54) is 6.07 Å². The lowest BCUT2D eigenvalue weighted by Crippen LogP contribution is -2.29. The van der Waals surface area contributed by atoms with Crippen molar-refractivity contribution in [3.05, 3.63) is 30.3 Å². The molecule has 0 unspecified atom stereocenters. The summed E-state index contributed by atoms with van der Waals surface area (Å²) >= 11 is 0. The first-order valence-corrected chi connectivity index (χ1v) is 5.68. The Morgan fingerprint density at radius 2 is 2.06 bits per heavy atom. The highest BCUT2D eigenvalue weighted by Crippen LogP contribution is 2.25. The summed E-state index contributed by atoms with van der Waals surface area (Å²) in [7, 11) is 0. The molecule has 0 saturated carbocycles. The van der Waals surface area contributed by atoms with Crippen LogP contribution in [0.25, 0.3) is 11.0 Å². The lowest BCUT2D eigenvalue weighted by molar-refractivity contribution is 0.372. The highest BCUT2D eigenvalue weighted by Gasteiger charge is 2.18. The molecule has 1 fully saturated rings. The quantitative estimate of drug-likeness (QED) is 0.849. The van der Waals surface area contributed by atoms with Gasteiger partial charge in [0.25, 0.3) is 0 Å². The molecular formula is C12H15ClFN3. The molecule has 1 N–H and O–H groups in total. The smallest absolute Gasteiger partial charge is 0.149 e. The number of halogens is 2. The minimum atomic E-state index is -0.173. The minimum Gasteiger partial charge on any atom is -0.325 e. The fourth-order valence-electron chi connectivity index (χ4n) is 2.41. The molecule has 1 aliphatic rings. The highest BCUT2D eigenvalue weighted by molar-refractivity contribution is 5.85. The average Bonchev–Trinajstić information content (AvgIpc) is 2.75. The van der Waals surface area contributed by atoms with Crippen LogP contribution >= 0.6 is 12.4 Å². The molecule has 1 aromatic heterocycles. The molecule has 1 saturated heterocycles. The van der Waals surface area contributed by atoms with Gasteiger partial charge in [-0.2, -0.15) is 0 Å². The summed E-state index contributed by atoms with van der Waals surface area (Å²) in [6.07, 6.45) is 3.85. The van der Waals surface area contributed by atoms with Gasteiger partial charge in [-0.15, -0.1) is 12.4 Å². The first-order valence-electron chi connectivity index (χ1n) is 5.68. The largest absolute Gasteiger partial charge is 0.325 e. The number of hydrogen-bond acceptors (Lipinski definition) is 2. The molecule has 17 heavy (non-hydrogen) atoms. The molecule has 1 aliphatic heterocycles. The second-order valence-electron chi connectivity index (χ2n) is 4.24. The second kappa shape index (κ2) is 5.02. The van der Waals surface area contributed by atoms with Crippen molar-refractivity contribution >= 4 is 23.4 Å². The second-order valence-corrected chi connectivity index (χ2v) is 4.24. The maximum absolute atomic E-state index is 13.8. The topological polar surface area (TPSA) is 29.9 Å². The van der Waals surface area contributed by atoms with Crippen LogP contribution in [0.1, 0.15) is 18.9 Å². The Kier molecular flexibility index (Phi) is 3.64. The van der Waals surface area contributed by atoms with Crippen molar-refractivity contribution in [2.75, 3.05) is 13.1 Å². The zero-order chi connectivity index (χ0) is 11.0. The molecule has 92 valence electrons. The maximum Gasteiger partial charge on any atom is 0.149 e. The number of imidazole rings is 1. The van der Waals surface area contributed by atoms with E-state index in [1.54, 1.807) is 12.4 Å². The average molecular weight is 256 g/mol. The van der Waals surface area contributed by atoms with E-state index in [0.717, 1.165) is 31.4 Å². The minimum absolute atomic E-state index is 0.